The van der Waals surface area contributed by atoms with Gasteiger partial charge in [0, 0.05) is 26.1 Å². The number of rotatable bonds is 4. The van der Waals surface area contributed by atoms with Gasteiger partial charge in [0.2, 0.25) is 0 Å². The lowest BCUT2D eigenvalue weighted by molar-refractivity contribution is -0.114. The Labute approximate surface area is 73.7 Å². The highest BCUT2D eigenvalue weighted by atomic mass is 16.5. The van der Waals surface area contributed by atoms with Crippen LogP contribution in [0.1, 0.15) is 19.8 Å². The van der Waals surface area contributed by atoms with Crippen LogP contribution in [0.5, 0.6) is 0 Å². The molecule has 0 spiro atoms. The molecule has 1 rings (SSSR count). The number of carbonyl (C=O) groups excluding carboxylic acids is 1. The highest BCUT2D eigenvalue weighted by molar-refractivity contribution is 5.51. The molecule has 0 bridgehead atoms. The molecule has 3 nitrogen and oxygen atoms in total. The molecule has 3 heteroatoms. The van der Waals surface area contributed by atoms with E-state index >= 15 is 0 Å². The van der Waals surface area contributed by atoms with Crippen LogP contribution in [0.2, 0.25) is 0 Å². The van der Waals surface area contributed by atoms with E-state index in [1.165, 1.54) is 0 Å². The number of ether oxygens (including phenoxy) is 1. The van der Waals surface area contributed by atoms with Gasteiger partial charge in [-0.1, -0.05) is 0 Å². The predicted octanol–water partition coefficient (Wildman–Crippen LogP) is 0.686. The minimum atomic E-state index is -0.175. The number of aldehydes is 1. The summed E-state index contributed by atoms with van der Waals surface area (Å²) in [7, 11) is 2.06. The molecule has 0 aromatic heterocycles. The Hall–Kier alpha value is -0.410. The molecule has 1 fully saturated rings. The van der Waals surface area contributed by atoms with Crippen molar-refractivity contribution < 1.29 is 9.53 Å². The molecule has 0 aromatic rings. The zero-order valence-electron chi connectivity index (χ0n) is 7.88. The third-order valence-corrected chi connectivity index (χ3v) is 2.41. The van der Waals surface area contributed by atoms with Crippen LogP contribution in [0.25, 0.3) is 0 Å². The fraction of sp³-hybridized carbons (Fsp3) is 0.889. The van der Waals surface area contributed by atoms with Crippen molar-refractivity contribution in [3.63, 3.8) is 0 Å². The highest BCUT2D eigenvalue weighted by Gasteiger charge is 2.36. The maximum Gasteiger partial charge on any atom is 0.122 e. The van der Waals surface area contributed by atoms with Crippen molar-refractivity contribution in [2.24, 2.45) is 0 Å². The molecule has 0 saturated carbocycles. The Morgan fingerprint density at radius 1 is 1.67 bits per heavy atom. The van der Waals surface area contributed by atoms with Crippen LogP contribution in [0.15, 0.2) is 0 Å². The lowest BCUT2D eigenvalue weighted by atomic mass is 9.99. The van der Waals surface area contributed by atoms with Gasteiger partial charge in [-0.15, -0.1) is 0 Å². The Morgan fingerprint density at radius 2 is 2.42 bits per heavy atom. The topological polar surface area (TPSA) is 29.5 Å². The molecule has 1 heterocycles. The summed E-state index contributed by atoms with van der Waals surface area (Å²) in [5.41, 5.74) is -0.175. The van der Waals surface area contributed by atoms with Gasteiger partial charge in [0.25, 0.3) is 0 Å². The molecule has 12 heavy (non-hydrogen) atoms. The lowest BCUT2D eigenvalue weighted by Gasteiger charge is -2.26. The Kier molecular flexibility index (Phi) is 3.23. The van der Waals surface area contributed by atoms with Crippen molar-refractivity contribution in [3.05, 3.63) is 0 Å². The van der Waals surface area contributed by atoms with Gasteiger partial charge >= 0.3 is 0 Å². The molecule has 1 aliphatic heterocycles. The largest absolute Gasteiger partial charge is 0.373 e. The number of hydrogen-bond acceptors (Lipinski definition) is 3. The zero-order valence-corrected chi connectivity index (χ0v) is 7.88. The SMILES string of the molecule is CCOC1(CC=O)CCN(C)C1. The first-order valence-corrected chi connectivity index (χ1v) is 4.48. The van der Waals surface area contributed by atoms with E-state index in [2.05, 4.69) is 11.9 Å². The van der Waals surface area contributed by atoms with E-state index < -0.39 is 0 Å². The van der Waals surface area contributed by atoms with Gasteiger partial charge < -0.3 is 14.4 Å². The van der Waals surface area contributed by atoms with Crippen LogP contribution in [-0.4, -0.2) is 43.5 Å². The summed E-state index contributed by atoms with van der Waals surface area (Å²) in [6, 6.07) is 0. The molecule has 1 atom stereocenters. The van der Waals surface area contributed by atoms with Gasteiger partial charge in [-0.05, 0) is 20.4 Å². The van der Waals surface area contributed by atoms with Crippen molar-refractivity contribution in [2.75, 3.05) is 26.7 Å². The molecule has 0 aliphatic carbocycles. The van der Waals surface area contributed by atoms with Gasteiger partial charge in [0.05, 0.1) is 5.60 Å². The van der Waals surface area contributed by atoms with Crippen LogP contribution in [0.4, 0.5) is 0 Å². The second-order valence-electron chi connectivity index (χ2n) is 3.47. The molecular weight excluding hydrogens is 154 g/mol. The second kappa shape index (κ2) is 4.01. The first kappa shape index (κ1) is 9.68. The van der Waals surface area contributed by atoms with Crippen molar-refractivity contribution in [2.45, 2.75) is 25.4 Å². The smallest absolute Gasteiger partial charge is 0.122 e. The Balaban J connectivity index is 2.53. The summed E-state index contributed by atoms with van der Waals surface area (Å²) in [5, 5.41) is 0. The van der Waals surface area contributed by atoms with E-state index in [1.54, 1.807) is 0 Å². The third kappa shape index (κ3) is 2.05. The summed E-state index contributed by atoms with van der Waals surface area (Å²) in [4.78, 5) is 12.7. The van der Waals surface area contributed by atoms with Crippen LogP contribution >= 0.6 is 0 Å². The summed E-state index contributed by atoms with van der Waals surface area (Å²) in [5.74, 6) is 0. The van der Waals surface area contributed by atoms with Crippen LogP contribution in [-0.2, 0) is 9.53 Å². The van der Waals surface area contributed by atoms with Crippen LogP contribution < -0.4 is 0 Å². The molecule has 70 valence electrons. The van der Waals surface area contributed by atoms with Gasteiger partial charge in [0.15, 0.2) is 0 Å². The summed E-state index contributed by atoms with van der Waals surface area (Å²) in [6.07, 6.45) is 2.48. The second-order valence-corrected chi connectivity index (χ2v) is 3.47. The number of hydrogen-bond donors (Lipinski definition) is 0. The van der Waals surface area contributed by atoms with Crippen molar-refractivity contribution in [1.29, 1.82) is 0 Å². The minimum absolute atomic E-state index is 0.175. The molecule has 1 saturated heterocycles. The number of likely N-dealkylation sites (N-methyl/N-ethyl adjacent to an activating group) is 1. The van der Waals surface area contributed by atoms with Gasteiger partial charge in [0.1, 0.15) is 6.29 Å². The molecular formula is C9H17NO2. The van der Waals surface area contributed by atoms with Crippen molar-refractivity contribution in [3.8, 4) is 0 Å². The highest BCUT2D eigenvalue weighted by Crippen LogP contribution is 2.26. The van der Waals surface area contributed by atoms with E-state index in [-0.39, 0.29) is 5.60 Å². The van der Waals surface area contributed by atoms with E-state index in [9.17, 15) is 4.79 Å². The van der Waals surface area contributed by atoms with E-state index in [4.69, 9.17) is 4.74 Å². The van der Waals surface area contributed by atoms with Crippen molar-refractivity contribution in [1.82, 2.24) is 4.90 Å². The van der Waals surface area contributed by atoms with E-state index in [0.717, 1.165) is 25.8 Å². The average molecular weight is 171 g/mol. The van der Waals surface area contributed by atoms with Crippen LogP contribution in [0.3, 0.4) is 0 Å². The zero-order chi connectivity index (χ0) is 9.03. The van der Waals surface area contributed by atoms with E-state index in [1.807, 2.05) is 6.92 Å². The first-order valence-electron chi connectivity index (χ1n) is 4.48. The molecule has 0 aromatic carbocycles. The van der Waals surface area contributed by atoms with Crippen LogP contribution in [0, 0.1) is 0 Å². The quantitative estimate of drug-likeness (QED) is 0.583. The van der Waals surface area contributed by atoms with E-state index in [0.29, 0.717) is 13.0 Å². The number of nitrogens with zero attached hydrogens (tertiary/aromatic N) is 1. The summed E-state index contributed by atoms with van der Waals surface area (Å²) in [6.45, 7) is 4.60. The molecule has 0 amide bonds. The first-order chi connectivity index (χ1) is 5.72. The fourth-order valence-electron chi connectivity index (χ4n) is 1.85. The normalized spacial score (nSPS) is 30.8. The maximum absolute atomic E-state index is 10.4. The van der Waals surface area contributed by atoms with Gasteiger partial charge in [-0.3, -0.25) is 0 Å². The van der Waals surface area contributed by atoms with Gasteiger partial charge in [-0.2, -0.15) is 0 Å². The summed E-state index contributed by atoms with van der Waals surface area (Å²) < 4.78 is 5.63. The summed E-state index contributed by atoms with van der Waals surface area (Å²) >= 11 is 0. The molecule has 1 unspecified atom stereocenters. The van der Waals surface area contributed by atoms with Crippen molar-refractivity contribution >= 4 is 6.29 Å². The number of carbonyl (C=O) groups is 1. The Bertz CT molecular complexity index is 157. The Morgan fingerprint density at radius 3 is 2.83 bits per heavy atom. The molecule has 0 radical (unpaired) electrons. The monoisotopic (exact) mass is 171 g/mol. The van der Waals surface area contributed by atoms with Gasteiger partial charge in [-0.25, -0.2) is 0 Å². The standard InChI is InChI=1S/C9H17NO2/c1-3-12-9(5-7-11)4-6-10(2)8-9/h7H,3-6,8H2,1-2H3. The molecule has 0 N–H and O–H groups in total. The number of likely N-dealkylation sites (tertiary alicyclic amines) is 1. The average Bonchev–Trinajstić information content (AvgIpc) is 2.34. The predicted molar refractivity (Wildman–Crippen MR) is 47.2 cm³/mol. The fourth-order valence-corrected chi connectivity index (χ4v) is 1.85. The molecule has 1 aliphatic rings. The maximum atomic E-state index is 10.4. The minimum Gasteiger partial charge on any atom is -0.373 e. The third-order valence-electron chi connectivity index (χ3n) is 2.41. The lowest BCUT2D eigenvalue weighted by Crippen LogP contribution is -2.36.